The highest BCUT2D eigenvalue weighted by atomic mass is 16.5. The molecule has 2 N–H and O–H groups in total. The van der Waals surface area contributed by atoms with Crippen LogP contribution in [0.2, 0.25) is 0 Å². The van der Waals surface area contributed by atoms with E-state index in [-0.39, 0.29) is 6.03 Å². The molecule has 0 bridgehead atoms. The van der Waals surface area contributed by atoms with Gasteiger partial charge in [-0.3, -0.25) is 9.88 Å². The topological polar surface area (TPSA) is 99.5 Å². The first-order chi connectivity index (χ1) is 19.6. The Bertz CT molecular complexity index is 1600. The first-order valence-corrected chi connectivity index (χ1v) is 13.5. The second-order valence-electron chi connectivity index (χ2n) is 10.3. The SMILES string of the molecule is COc1ccc(C2(C#N)CC2)cc1NC(=O)Nc1ccc(-c2cccc(CN3CCOCC3)n2)c2ccccc12. The first kappa shape index (κ1) is 25.8. The van der Waals surface area contributed by atoms with Crippen LogP contribution in [0, 0.1) is 11.3 Å². The molecule has 2 amide bonds. The van der Waals surface area contributed by atoms with Gasteiger partial charge in [-0.15, -0.1) is 0 Å². The molecule has 1 aliphatic carbocycles. The molecule has 202 valence electrons. The number of rotatable bonds is 7. The predicted octanol–water partition coefficient (Wildman–Crippen LogP) is 5.94. The molecule has 2 fully saturated rings. The van der Waals surface area contributed by atoms with Gasteiger partial charge in [0, 0.05) is 30.6 Å². The number of nitrogens with one attached hydrogen (secondary N) is 2. The highest BCUT2D eigenvalue weighted by Crippen LogP contribution is 2.49. The van der Waals surface area contributed by atoms with Crippen LogP contribution < -0.4 is 15.4 Å². The maximum atomic E-state index is 13.2. The van der Waals surface area contributed by atoms with Crippen molar-refractivity contribution in [3.63, 3.8) is 0 Å². The molecule has 0 unspecified atom stereocenters. The number of urea groups is 1. The minimum absolute atomic E-state index is 0.388. The van der Waals surface area contributed by atoms with E-state index in [4.69, 9.17) is 14.5 Å². The highest BCUT2D eigenvalue weighted by molar-refractivity contribution is 6.09. The Balaban J connectivity index is 1.25. The van der Waals surface area contributed by atoms with Gasteiger partial charge in [0.25, 0.3) is 0 Å². The van der Waals surface area contributed by atoms with Crippen molar-refractivity contribution in [2.75, 3.05) is 44.0 Å². The summed E-state index contributed by atoms with van der Waals surface area (Å²) < 4.78 is 10.9. The molecule has 0 atom stereocenters. The summed E-state index contributed by atoms with van der Waals surface area (Å²) in [6, 6.07) is 25.6. The number of anilines is 2. The minimum atomic E-state index is -0.460. The number of methoxy groups -OCH3 is 1. The summed E-state index contributed by atoms with van der Waals surface area (Å²) in [5.74, 6) is 0.538. The van der Waals surface area contributed by atoms with Crippen molar-refractivity contribution in [3.05, 3.63) is 84.1 Å². The van der Waals surface area contributed by atoms with E-state index in [1.807, 2.05) is 60.7 Å². The number of fused-ring (bicyclic) bond motifs is 1. The number of carbonyl (C=O) groups excluding carboxylic acids is 1. The quantitative estimate of drug-likeness (QED) is 0.305. The van der Waals surface area contributed by atoms with Gasteiger partial charge in [-0.05, 0) is 54.1 Å². The van der Waals surface area contributed by atoms with Gasteiger partial charge in [0.05, 0.1) is 54.6 Å². The maximum absolute atomic E-state index is 13.2. The second kappa shape index (κ2) is 11.0. The molecule has 8 nitrogen and oxygen atoms in total. The Labute approximate surface area is 233 Å². The second-order valence-corrected chi connectivity index (χ2v) is 10.3. The molecule has 4 aromatic rings. The zero-order valence-corrected chi connectivity index (χ0v) is 22.4. The van der Waals surface area contributed by atoms with E-state index in [0.717, 1.165) is 79.0 Å². The van der Waals surface area contributed by atoms with E-state index < -0.39 is 5.41 Å². The third-order valence-corrected chi connectivity index (χ3v) is 7.71. The minimum Gasteiger partial charge on any atom is -0.495 e. The molecular weight excluding hydrogens is 502 g/mol. The maximum Gasteiger partial charge on any atom is 0.323 e. The van der Waals surface area contributed by atoms with Crippen LogP contribution in [0.5, 0.6) is 5.75 Å². The third-order valence-electron chi connectivity index (χ3n) is 7.71. The molecule has 6 rings (SSSR count). The molecule has 8 heteroatoms. The number of morpholine rings is 1. The Morgan fingerprint density at radius 2 is 1.77 bits per heavy atom. The van der Waals surface area contributed by atoms with Gasteiger partial charge >= 0.3 is 6.03 Å². The molecule has 40 heavy (non-hydrogen) atoms. The molecule has 1 saturated carbocycles. The van der Waals surface area contributed by atoms with Crippen LogP contribution in [0.15, 0.2) is 72.8 Å². The monoisotopic (exact) mass is 533 g/mol. The van der Waals surface area contributed by atoms with E-state index in [2.05, 4.69) is 27.7 Å². The van der Waals surface area contributed by atoms with Gasteiger partial charge < -0.3 is 20.1 Å². The summed E-state index contributed by atoms with van der Waals surface area (Å²) in [5, 5.41) is 17.4. The van der Waals surface area contributed by atoms with Crippen LogP contribution >= 0.6 is 0 Å². The van der Waals surface area contributed by atoms with Gasteiger partial charge in [0.15, 0.2) is 0 Å². The van der Waals surface area contributed by atoms with Gasteiger partial charge in [0.1, 0.15) is 5.75 Å². The molecule has 0 spiro atoms. The predicted molar refractivity (Wildman–Crippen MR) is 155 cm³/mol. The molecule has 0 radical (unpaired) electrons. The summed E-state index contributed by atoms with van der Waals surface area (Å²) in [5.41, 5.74) is 4.57. The number of hydrogen-bond acceptors (Lipinski definition) is 6. The van der Waals surface area contributed by atoms with Crippen LogP contribution in [0.25, 0.3) is 22.0 Å². The van der Waals surface area contributed by atoms with Gasteiger partial charge in [-0.25, -0.2) is 4.79 Å². The Morgan fingerprint density at radius 1 is 1.00 bits per heavy atom. The summed E-state index contributed by atoms with van der Waals surface area (Å²) in [4.78, 5) is 20.5. The fraction of sp³-hybridized carbons (Fsp3) is 0.281. The van der Waals surface area contributed by atoms with E-state index in [1.54, 1.807) is 13.2 Å². The molecular formula is C32H31N5O3. The number of nitriles is 1. The largest absolute Gasteiger partial charge is 0.495 e. The number of benzene rings is 3. The van der Waals surface area contributed by atoms with Crippen molar-refractivity contribution in [2.24, 2.45) is 0 Å². The van der Waals surface area contributed by atoms with Crippen molar-refractivity contribution in [1.82, 2.24) is 9.88 Å². The van der Waals surface area contributed by atoms with E-state index >= 15 is 0 Å². The van der Waals surface area contributed by atoms with E-state index in [9.17, 15) is 10.1 Å². The molecule has 1 aliphatic heterocycles. The lowest BCUT2D eigenvalue weighted by molar-refractivity contribution is 0.0336. The zero-order chi connectivity index (χ0) is 27.5. The summed E-state index contributed by atoms with van der Waals surface area (Å²) in [7, 11) is 1.56. The van der Waals surface area contributed by atoms with Crippen LogP contribution in [-0.4, -0.2) is 49.3 Å². The first-order valence-electron chi connectivity index (χ1n) is 13.5. The Hall–Kier alpha value is -4.45. The Kier molecular flexibility index (Phi) is 7.08. The summed E-state index contributed by atoms with van der Waals surface area (Å²) in [6.45, 7) is 4.12. The lowest BCUT2D eigenvalue weighted by Crippen LogP contribution is -2.35. The molecule has 1 aromatic heterocycles. The average Bonchev–Trinajstić information content (AvgIpc) is 3.79. The fourth-order valence-corrected chi connectivity index (χ4v) is 5.31. The number of amides is 2. The van der Waals surface area contributed by atoms with Crippen molar-refractivity contribution >= 4 is 28.2 Å². The van der Waals surface area contributed by atoms with Crippen molar-refractivity contribution < 1.29 is 14.3 Å². The van der Waals surface area contributed by atoms with Crippen LogP contribution in [-0.2, 0) is 16.7 Å². The van der Waals surface area contributed by atoms with Gasteiger partial charge in [-0.1, -0.05) is 42.5 Å². The smallest absolute Gasteiger partial charge is 0.323 e. The summed E-state index contributed by atoms with van der Waals surface area (Å²) in [6.07, 6.45) is 1.65. The normalized spacial score (nSPS) is 16.2. The zero-order valence-electron chi connectivity index (χ0n) is 22.4. The van der Waals surface area contributed by atoms with Crippen LogP contribution in [0.1, 0.15) is 24.1 Å². The van der Waals surface area contributed by atoms with Crippen molar-refractivity contribution in [2.45, 2.75) is 24.8 Å². The lowest BCUT2D eigenvalue weighted by Gasteiger charge is -2.26. The number of hydrogen-bond donors (Lipinski definition) is 2. The van der Waals surface area contributed by atoms with Crippen LogP contribution in [0.3, 0.4) is 0 Å². The number of pyridine rings is 1. The number of aromatic nitrogens is 1. The van der Waals surface area contributed by atoms with Gasteiger partial charge in [0.2, 0.25) is 0 Å². The number of carbonyl (C=O) groups is 1. The third kappa shape index (κ3) is 5.22. The van der Waals surface area contributed by atoms with Crippen molar-refractivity contribution in [3.8, 4) is 23.1 Å². The molecule has 2 aliphatic rings. The highest BCUT2D eigenvalue weighted by Gasteiger charge is 2.45. The standard InChI is InChI=1S/C32H31N5O3/c1-39-30-12-9-22(32(21-33)13-14-32)19-29(30)36-31(38)35-28-11-10-26(24-6-2-3-7-25(24)28)27-8-4-5-23(34-27)20-37-15-17-40-18-16-37/h2-12,19H,13-18,20H2,1H3,(H2,35,36,38). The van der Waals surface area contributed by atoms with Crippen LogP contribution in [0.4, 0.5) is 16.2 Å². The molecule has 2 heterocycles. The lowest BCUT2D eigenvalue weighted by atomic mass is 9.97. The fourth-order valence-electron chi connectivity index (χ4n) is 5.31. The van der Waals surface area contributed by atoms with Gasteiger partial charge in [-0.2, -0.15) is 5.26 Å². The van der Waals surface area contributed by atoms with E-state index in [0.29, 0.717) is 17.1 Å². The summed E-state index contributed by atoms with van der Waals surface area (Å²) >= 11 is 0. The Morgan fingerprint density at radius 3 is 2.52 bits per heavy atom. The number of ether oxygens (including phenoxy) is 2. The average molecular weight is 534 g/mol. The number of nitrogens with zero attached hydrogens (tertiary/aromatic N) is 3. The molecule has 1 saturated heterocycles. The van der Waals surface area contributed by atoms with E-state index in [1.165, 1.54) is 0 Å². The van der Waals surface area contributed by atoms with Crippen molar-refractivity contribution in [1.29, 1.82) is 5.26 Å². The molecule has 3 aromatic carbocycles.